The van der Waals surface area contributed by atoms with Crippen LogP contribution in [0, 0.1) is 6.92 Å². The number of nitrogens with one attached hydrogen (secondary N) is 3. The largest absolute Gasteiger partial charge is 0.326 e. The predicted molar refractivity (Wildman–Crippen MR) is 103 cm³/mol. The Morgan fingerprint density at radius 1 is 1.12 bits per heavy atom. The molecule has 3 rings (SSSR count). The number of hydrogen-bond donors (Lipinski definition) is 3. The van der Waals surface area contributed by atoms with Gasteiger partial charge in [-0.15, -0.1) is 0 Å². The number of aryl methyl sites for hydroxylation is 2. The fourth-order valence-electron chi connectivity index (χ4n) is 2.63. The minimum absolute atomic E-state index is 0.0254. The van der Waals surface area contributed by atoms with Gasteiger partial charge in [0.05, 0.1) is 6.42 Å². The summed E-state index contributed by atoms with van der Waals surface area (Å²) in [5.74, 6) is -0.254. The van der Waals surface area contributed by atoms with E-state index in [1.165, 1.54) is 5.56 Å². The molecule has 6 heteroatoms. The number of aliphatic imine (C=N–C) groups is 1. The molecule has 1 atom stereocenters. The van der Waals surface area contributed by atoms with Crippen LogP contribution in [0.25, 0.3) is 0 Å². The fraction of sp³-hybridized carbons (Fsp3) is 0.250. The molecule has 0 bridgehead atoms. The Balaban J connectivity index is 1.70. The van der Waals surface area contributed by atoms with Gasteiger partial charge in [0, 0.05) is 11.4 Å². The van der Waals surface area contributed by atoms with Crippen LogP contribution in [0.2, 0.25) is 0 Å². The van der Waals surface area contributed by atoms with E-state index in [4.69, 9.17) is 0 Å². The number of carbonyl (C=O) groups excluding carboxylic acids is 2. The highest BCUT2D eigenvalue weighted by atomic mass is 16.2. The Bertz CT molecular complexity index is 826. The lowest BCUT2D eigenvalue weighted by Gasteiger charge is -2.21. The molecule has 0 unspecified atom stereocenters. The number of benzene rings is 2. The molecule has 0 fully saturated rings. The second kappa shape index (κ2) is 7.82. The van der Waals surface area contributed by atoms with Gasteiger partial charge in [-0.1, -0.05) is 36.8 Å². The van der Waals surface area contributed by atoms with E-state index in [2.05, 4.69) is 27.9 Å². The van der Waals surface area contributed by atoms with Crippen molar-refractivity contribution in [1.29, 1.82) is 0 Å². The summed E-state index contributed by atoms with van der Waals surface area (Å²) >= 11 is 0. The van der Waals surface area contributed by atoms with Gasteiger partial charge >= 0.3 is 0 Å². The van der Waals surface area contributed by atoms with E-state index in [0.29, 0.717) is 5.69 Å². The first-order valence-corrected chi connectivity index (χ1v) is 8.64. The topological polar surface area (TPSA) is 82.6 Å². The van der Waals surface area contributed by atoms with Gasteiger partial charge in [0.15, 0.2) is 0 Å². The number of rotatable bonds is 4. The van der Waals surface area contributed by atoms with Gasteiger partial charge in [-0.25, -0.2) is 4.99 Å². The van der Waals surface area contributed by atoms with Crippen molar-refractivity contribution in [2.75, 3.05) is 10.6 Å². The molecule has 3 N–H and O–H groups in total. The van der Waals surface area contributed by atoms with Crippen molar-refractivity contribution < 1.29 is 9.59 Å². The van der Waals surface area contributed by atoms with E-state index >= 15 is 0 Å². The maximum absolute atomic E-state index is 12.5. The van der Waals surface area contributed by atoms with E-state index in [1.54, 1.807) is 0 Å². The molecule has 134 valence electrons. The van der Waals surface area contributed by atoms with E-state index in [9.17, 15) is 9.59 Å². The van der Waals surface area contributed by atoms with Crippen molar-refractivity contribution in [2.45, 2.75) is 32.7 Å². The van der Waals surface area contributed by atoms with Crippen molar-refractivity contribution in [3.63, 3.8) is 0 Å². The summed E-state index contributed by atoms with van der Waals surface area (Å²) < 4.78 is 0. The van der Waals surface area contributed by atoms with Crippen LogP contribution in [-0.2, 0) is 16.0 Å². The quantitative estimate of drug-likeness (QED) is 0.793. The maximum atomic E-state index is 12.5. The first-order valence-electron chi connectivity index (χ1n) is 8.64. The first kappa shape index (κ1) is 17.7. The number of anilines is 2. The molecule has 0 aliphatic carbocycles. The average Bonchev–Trinajstić information content (AvgIpc) is 2.64. The first-order chi connectivity index (χ1) is 12.5. The minimum atomic E-state index is -0.762. The summed E-state index contributed by atoms with van der Waals surface area (Å²) in [6.45, 7) is 4.07. The molecule has 1 aliphatic heterocycles. The number of amides is 2. The van der Waals surface area contributed by atoms with Gasteiger partial charge in [-0.3, -0.25) is 14.9 Å². The van der Waals surface area contributed by atoms with Crippen LogP contribution in [0.1, 0.15) is 24.5 Å². The Kier molecular flexibility index (Phi) is 5.31. The van der Waals surface area contributed by atoms with Crippen LogP contribution in [0.4, 0.5) is 11.4 Å². The molecule has 0 saturated heterocycles. The highest BCUT2D eigenvalue weighted by Crippen LogP contribution is 2.14. The third kappa shape index (κ3) is 4.47. The molecule has 0 saturated carbocycles. The molecule has 0 spiro atoms. The zero-order chi connectivity index (χ0) is 18.5. The molecule has 26 heavy (non-hydrogen) atoms. The van der Waals surface area contributed by atoms with Gasteiger partial charge in [-0.05, 0) is 43.2 Å². The molecular weight excluding hydrogens is 328 g/mol. The number of nitrogens with zero attached hydrogens (tertiary/aromatic N) is 1. The van der Waals surface area contributed by atoms with Gasteiger partial charge in [-0.2, -0.15) is 0 Å². The van der Waals surface area contributed by atoms with E-state index < -0.39 is 6.04 Å². The van der Waals surface area contributed by atoms with Crippen molar-refractivity contribution in [3.05, 3.63) is 59.7 Å². The van der Waals surface area contributed by atoms with Crippen LogP contribution in [0.5, 0.6) is 0 Å². The van der Waals surface area contributed by atoms with E-state index in [0.717, 1.165) is 17.7 Å². The fourth-order valence-corrected chi connectivity index (χ4v) is 2.63. The normalized spacial score (nSPS) is 16.5. The lowest BCUT2D eigenvalue weighted by molar-refractivity contribution is -0.124. The molecule has 0 radical (unpaired) electrons. The minimum Gasteiger partial charge on any atom is -0.326 e. The van der Waals surface area contributed by atoms with Crippen molar-refractivity contribution in [1.82, 2.24) is 5.32 Å². The summed E-state index contributed by atoms with van der Waals surface area (Å²) in [4.78, 5) is 28.8. The Morgan fingerprint density at radius 3 is 2.42 bits per heavy atom. The zero-order valence-electron chi connectivity index (χ0n) is 14.9. The molecule has 6 nitrogen and oxygen atoms in total. The Labute approximate surface area is 152 Å². The zero-order valence-corrected chi connectivity index (χ0v) is 14.9. The van der Waals surface area contributed by atoms with Gasteiger partial charge in [0.1, 0.15) is 6.04 Å². The van der Waals surface area contributed by atoms with Crippen LogP contribution < -0.4 is 16.0 Å². The Hall–Kier alpha value is -3.15. The highest BCUT2D eigenvalue weighted by Gasteiger charge is 2.27. The second-order valence-corrected chi connectivity index (χ2v) is 6.28. The lowest BCUT2D eigenvalue weighted by Crippen LogP contribution is -2.45. The van der Waals surface area contributed by atoms with Gasteiger partial charge in [0.25, 0.3) is 0 Å². The summed E-state index contributed by atoms with van der Waals surface area (Å²) in [6.07, 6.45) is 0.983. The maximum Gasteiger partial charge on any atom is 0.249 e. The lowest BCUT2D eigenvalue weighted by atomic mass is 10.1. The van der Waals surface area contributed by atoms with Crippen molar-refractivity contribution >= 4 is 29.1 Å². The standard InChI is InChI=1S/C20H22N4O2/c1-3-14-6-10-16(11-7-14)22-20-23-17(12-18(25)24-20)19(26)21-15-8-4-13(2)5-9-15/h4-11,17H,3,12H2,1-2H3,(H,21,26)(H2,22,23,24,25)/t17-/m1/s1. The number of carbonyl (C=O) groups is 2. The highest BCUT2D eigenvalue weighted by molar-refractivity contribution is 6.10. The van der Waals surface area contributed by atoms with Crippen LogP contribution in [0.3, 0.4) is 0 Å². The van der Waals surface area contributed by atoms with Crippen LogP contribution in [-0.4, -0.2) is 23.8 Å². The molecule has 1 heterocycles. The molecule has 2 aromatic rings. The van der Waals surface area contributed by atoms with Gasteiger partial charge < -0.3 is 10.6 Å². The second-order valence-electron chi connectivity index (χ2n) is 6.28. The van der Waals surface area contributed by atoms with E-state index in [1.807, 2.05) is 55.5 Å². The SMILES string of the molecule is CCc1ccc(NC2=N[C@@H](C(=O)Nc3ccc(C)cc3)CC(=O)N2)cc1. The third-order valence-corrected chi connectivity index (χ3v) is 4.17. The molecule has 2 amide bonds. The van der Waals surface area contributed by atoms with Gasteiger partial charge in [0.2, 0.25) is 17.8 Å². The van der Waals surface area contributed by atoms with Crippen LogP contribution in [0.15, 0.2) is 53.5 Å². The molecule has 2 aromatic carbocycles. The molecule has 0 aromatic heterocycles. The van der Waals surface area contributed by atoms with Crippen LogP contribution >= 0.6 is 0 Å². The monoisotopic (exact) mass is 350 g/mol. The number of hydrogen-bond acceptors (Lipinski definition) is 4. The van der Waals surface area contributed by atoms with E-state index in [-0.39, 0.29) is 24.2 Å². The summed E-state index contributed by atoms with van der Waals surface area (Å²) in [7, 11) is 0. The summed E-state index contributed by atoms with van der Waals surface area (Å²) in [6, 6.07) is 14.6. The predicted octanol–water partition coefficient (Wildman–Crippen LogP) is 2.85. The molecular formula is C20H22N4O2. The average molecular weight is 350 g/mol. The summed E-state index contributed by atoms with van der Waals surface area (Å²) in [5.41, 5.74) is 3.83. The van der Waals surface area contributed by atoms with Crippen molar-refractivity contribution in [2.24, 2.45) is 4.99 Å². The Morgan fingerprint density at radius 2 is 1.77 bits per heavy atom. The summed E-state index contributed by atoms with van der Waals surface area (Å²) in [5, 5.41) is 8.53. The van der Waals surface area contributed by atoms with Crippen molar-refractivity contribution in [3.8, 4) is 0 Å². The number of guanidine groups is 1. The third-order valence-electron chi connectivity index (χ3n) is 4.17. The molecule has 1 aliphatic rings. The smallest absolute Gasteiger partial charge is 0.249 e.